The summed E-state index contributed by atoms with van der Waals surface area (Å²) in [4.78, 5) is 12.7. The lowest BCUT2D eigenvalue weighted by molar-refractivity contribution is 0.0962. The second-order valence-corrected chi connectivity index (χ2v) is 5.13. The molecule has 0 saturated carbocycles. The highest BCUT2D eigenvalue weighted by Crippen LogP contribution is 2.23. The van der Waals surface area contributed by atoms with E-state index in [1.54, 1.807) is 0 Å². The van der Waals surface area contributed by atoms with Crippen molar-refractivity contribution in [2.24, 2.45) is 5.73 Å². The summed E-state index contributed by atoms with van der Waals surface area (Å²) in [5.41, 5.74) is 7.52. The lowest BCUT2D eigenvalue weighted by Gasteiger charge is -2.14. The number of Topliss-reactive ketones (excluding diaryl/α,β-unsaturated/α-hetero) is 1. The molecule has 21 heavy (non-hydrogen) atoms. The summed E-state index contributed by atoms with van der Waals surface area (Å²) in [5, 5.41) is 2.21. The second-order valence-electron chi connectivity index (χ2n) is 5.13. The van der Waals surface area contributed by atoms with Gasteiger partial charge in [-0.05, 0) is 22.4 Å². The molecule has 3 aromatic carbocycles. The highest BCUT2D eigenvalue weighted by atomic mass is 16.1. The summed E-state index contributed by atoms with van der Waals surface area (Å²) in [6, 6.07) is 23.6. The molecule has 0 radical (unpaired) electrons. The number of hydrogen-bond acceptors (Lipinski definition) is 2. The van der Waals surface area contributed by atoms with E-state index in [-0.39, 0.29) is 11.7 Å². The number of nitrogens with two attached hydrogens (primary N) is 1. The average molecular weight is 275 g/mol. The van der Waals surface area contributed by atoms with Crippen molar-refractivity contribution >= 4 is 16.6 Å². The van der Waals surface area contributed by atoms with Gasteiger partial charge in [-0.25, -0.2) is 0 Å². The molecule has 0 aromatic heterocycles. The van der Waals surface area contributed by atoms with Crippen molar-refractivity contribution in [1.29, 1.82) is 0 Å². The van der Waals surface area contributed by atoms with Gasteiger partial charge in [0.2, 0.25) is 0 Å². The summed E-state index contributed by atoms with van der Waals surface area (Å²) >= 11 is 0. The van der Waals surface area contributed by atoms with Crippen LogP contribution < -0.4 is 5.73 Å². The highest BCUT2D eigenvalue weighted by Gasteiger charge is 2.20. The van der Waals surface area contributed by atoms with Crippen LogP contribution in [0.2, 0.25) is 0 Å². The van der Waals surface area contributed by atoms with E-state index in [1.807, 2.05) is 72.8 Å². The summed E-state index contributed by atoms with van der Waals surface area (Å²) in [6.45, 7) is 0.315. The van der Waals surface area contributed by atoms with Crippen molar-refractivity contribution < 1.29 is 4.79 Å². The van der Waals surface area contributed by atoms with Gasteiger partial charge in [0, 0.05) is 12.1 Å². The molecule has 0 heterocycles. The van der Waals surface area contributed by atoms with E-state index in [2.05, 4.69) is 0 Å². The van der Waals surface area contributed by atoms with Crippen LogP contribution in [0.15, 0.2) is 72.8 Å². The Bertz CT molecular complexity index is 765. The zero-order valence-corrected chi connectivity index (χ0v) is 11.7. The minimum atomic E-state index is -0.285. The molecule has 0 spiro atoms. The Balaban J connectivity index is 1.98. The first-order valence-corrected chi connectivity index (χ1v) is 7.07. The second kappa shape index (κ2) is 5.90. The monoisotopic (exact) mass is 275 g/mol. The van der Waals surface area contributed by atoms with Gasteiger partial charge in [-0.3, -0.25) is 4.79 Å². The smallest absolute Gasteiger partial charge is 0.171 e. The van der Waals surface area contributed by atoms with Crippen LogP contribution in [0.3, 0.4) is 0 Å². The molecule has 1 atom stereocenters. The molecule has 0 aliphatic heterocycles. The van der Waals surface area contributed by atoms with E-state index < -0.39 is 0 Å². The van der Waals surface area contributed by atoms with Crippen LogP contribution in [0.4, 0.5) is 0 Å². The zero-order valence-electron chi connectivity index (χ0n) is 11.7. The molecular weight excluding hydrogens is 258 g/mol. The molecule has 2 heteroatoms. The van der Waals surface area contributed by atoms with Crippen molar-refractivity contribution in [2.75, 3.05) is 6.54 Å². The van der Waals surface area contributed by atoms with Crippen LogP contribution in [-0.4, -0.2) is 12.3 Å². The molecule has 3 rings (SSSR count). The topological polar surface area (TPSA) is 43.1 Å². The van der Waals surface area contributed by atoms with Crippen molar-refractivity contribution in [2.45, 2.75) is 5.92 Å². The Morgan fingerprint density at radius 2 is 1.52 bits per heavy atom. The predicted molar refractivity (Wildman–Crippen MR) is 86.5 cm³/mol. The molecule has 3 aromatic rings. The van der Waals surface area contributed by atoms with Crippen molar-refractivity contribution in [1.82, 2.24) is 0 Å². The normalized spacial score (nSPS) is 12.2. The van der Waals surface area contributed by atoms with Crippen LogP contribution >= 0.6 is 0 Å². The van der Waals surface area contributed by atoms with Gasteiger partial charge in [0.25, 0.3) is 0 Å². The average Bonchev–Trinajstić information content (AvgIpc) is 2.56. The molecule has 2 nitrogen and oxygen atoms in total. The number of hydrogen-bond donors (Lipinski definition) is 1. The zero-order chi connectivity index (χ0) is 14.7. The van der Waals surface area contributed by atoms with Crippen LogP contribution in [0, 0.1) is 0 Å². The van der Waals surface area contributed by atoms with Crippen LogP contribution in [0.25, 0.3) is 10.8 Å². The molecule has 0 saturated heterocycles. The molecule has 1 unspecified atom stereocenters. The van der Waals surface area contributed by atoms with Crippen LogP contribution in [-0.2, 0) is 0 Å². The van der Waals surface area contributed by atoms with E-state index in [4.69, 9.17) is 5.73 Å². The Kier molecular flexibility index (Phi) is 3.80. The molecule has 2 N–H and O–H groups in total. The predicted octanol–water partition coefficient (Wildman–Crippen LogP) is 3.77. The minimum Gasteiger partial charge on any atom is -0.329 e. The Morgan fingerprint density at radius 3 is 2.24 bits per heavy atom. The SMILES string of the molecule is NCC(C(=O)c1ccc2ccccc2c1)c1ccccc1. The Labute approximate surface area is 124 Å². The van der Waals surface area contributed by atoms with E-state index in [0.717, 1.165) is 16.3 Å². The highest BCUT2D eigenvalue weighted by molar-refractivity contribution is 6.03. The quantitative estimate of drug-likeness (QED) is 0.737. The molecule has 0 aliphatic rings. The van der Waals surface area contributed by atoms with Gasteiger partial charge < -0.3 is 5.73 Å². The summed E-state index contributed by atoms with van der Waals surface area (Å²) in [7, 11) is 0. The summed E-state index contributed by atoms with van der Waals surface area (Å²) < 4.78 is 0. The number of ketones is 1. The Morgan fingerprint density at radius 1 is 0.857 bits per heavy atom. The number of benzene rings is 3. The summed E-state index contributed by atoms with van der Waals surface area (Å²) in [5.74, 6) is -0.207. The van der Waals surface area contributed by atoms with E-state index in [0.29, 0.717) is 12.1 Å². The first kappa shape index (κ1) is 13.5. The van der Waals surface area contributed by atoms with Crippen molar-refractivity contribution in [3.63, 3.8) is 0 Å². The Hall–Kier alpha value is -2.45. The fraction of sp³-hybridized carbons (Fsp3) is 0.105. The fourth-order valence-electron chi connectivity index (χ4n) is 2.62. The third-order valence-corrected chi connectivity index (χ3v) is 3.79. The molecule has 104 valence electrons. The fourth-order valence-corrected chi connectivity index (χ4v) is 2.62. The van der Waals surface area contributed by atoms with Crippen molar-refractivity contribution in [3.8, 4) is 0 Å². The van der Waals surface area contributed by atoms with Crippen LogP contribution in [0.5, 0.6) is 0 Å². The van der Waals surface area contributed by atoms with Gasteiger partial charge in [-0.1, -0.05) is 66.7 Å². The number of carbonyl (C=O) groups excluding carboxylic acids is 1. The van der Waals surface area contributed by atoms with E-state index in [9.17, 15) is 4.79 Å². The number of carbonyl (C=O) groups is 1. The number of rotatable bonds is 4. The van der Waals surface area contributed by atoms with E-state index >= 15 is 0 Å². The number of fused-ring (bicyclic) bond motifs is 1. The molecule has 0 aliphatic carbocycles. The lowest BCUT2D eigenvalue weighted by Crippen LogP contribution is -2.21. The van der Waals surface area contributed by atoms with Gasteiger partial charge in [0.1, 0.15) is 0 Å². The third-order valence-electron chi connectivity index (χ3n) is 3.79. The van der Waals surface area contributed by atoms with Gasteiger partial charge in [-0.15, -0.1) is 0 Å². The minimum absolute atomic E-state index is 0.0782. The molecule has 0 fully saturated rings. The third kappa shape index (κ3) is 2.71. The lowest BCUT2D eigenvalue weighted by atomic mass is 9.90. The maximum atomic E-state index is 12.7. The maximum absolute atomic E-state index is 12.7. The molecular formula is C19H17NO. The summed E-state index contributed by atoms with van der Waals surface area (Å²) in [6.07, 6.45) is 0. The van der Waals surface area contributed by atoms with Gasteiger partial charge in [0.15, 0.2) is 5.78 Å². The van der Waals surface area contributed by atoms with Crippen LogP contribution in [0.1, 0.15) is 21.8 Å². The van der Waals surface area contributed by atoms with Gasteiger partial charge in [-0.2, -0.15) is 0 Å². The first-order chi connectivity index (χ1) is 10.3. The molecule has 0 amide bonds. The largest absolute Gasteiger partial charge is 0.329 e. The maximum Gasteiger partial charge on any atom is 0.171 e. The van der Waals surface area contributed by atoms with E-state index in [1.165, 1.54) is 0 Å². The molecule has 0 bridgehead atoms. The van der Waals surface area contributed by atoms with Gasteiger partial charge >= 0.3 is 0 Å². The first-order valence-electron chi connectivity index (χ1n) is 7.07. The van der Waals surface area contributed by atoms with Crippen molar-refractivity contribution in [3.05, 3.63) is 83.9 Å². The standard InChI is InChI=1S/C19H17NO/c20-13-18(15-7-2-1-3-8-15)19(21)17-11-10-14-6-4-5-9-16(14)12-17/h1-12,18H,13,20H2. The van der Waals surface area contributed by atoms with Gasteiger partial charge in [0.05, 0.1) is 5.92 Å².